The fourth-order valence-corrected chi connectivity index (χ4v) is 0.547. The second-order valence-electron chi connectivity index (χ2n) is 3.29. The third-order valence-corrected chi connectivity index (χ3v) is 1.21. The molecule has 0 aromatic heterocycles. The Labute approximate surface area is 57.4 Å². The number of nitrogens with zero attached hydrogens (tertiary/aromatic N) is 1. The van der Waals surface area contributed by atoms with Gasteiger partial charge in [-0.3, -0.25) is 0 Å². The molecule has 2 heteroatoms. The van der Waals surface area contributed by atoms with Crippen LogP contribution in [0.3, 0.4) is 0 Å². The van der Waals surface area contributed by atoms with Crippen LogP contribution < -0.4 is 0 Å². The number of rotatable bonds is 2. The van der Waals surface area contributed by atoms with Crippen molar-refractivity contribution in [3.8, 4) is 0 Å². The van der Waals surface area contributed by atoms with Crippen molar-refractivity contribution in [1.29, 1.82) is 0 Å². The van der Waals surface area contributed by atoms with E-state index in [1.54, 1.807) is 0 Å². The van der Waals surface area contributed by atoms with Gasteiger partial charge in [0.15, 0.2) is 0 Å². The molecule has 0 aliphatic carbocycles. The molecule has 0 unspecified atom stereocenters. The summed E-state index contributed by atoms with van der Waals surface area (Å²) in [6.07, 6.45) is 0.994. The van der Waals surface area contributed by atoms with E-state index in [1.165, 1.54) is 5.06 Å². The van der Waals surface area contributed by atoms with Gasteiger partial charge in [0.05, 0.1) is 0 Å². The topological polar surface area (TPSA) is 23.5 Å². The van der Waals surface area contributed by atoms with E-state index >= 15 is 0 Å². The monoisotopic (exact) mass is 131 g/mol. The maximum atomic E-state index is 9.22. The average molecular weight is 131 g/mol. The predicted octanol–water partition coefficient (Wildman–Crippen LogP) is 1.89. The van der Waals surface area contributed by atoms with Crippen molar-refractivity contribution < 1.29 is 5.21 Å². The summed E-state index contributed by atoms with van der Waals surface area (Å²) >= 11 is 0. The molecule has 0 aliphatic rings. The first-order valence-electron chi connectivity index (χ1n) is 3.45. The van der Waals surface area contributed by atoms with Gasteiger partial charge in [-0.1, -0.05) is 6.92 Å². The molecule has 9 heavy (non-hydrogen) atoms. The van der Waals surface area contributed by atoms with Gasteiger partial charge in [-0.2, -0.15) is 5.06 Å². The molecule has 0 amide bonds. The third kappa shape index (κ3) is 3.49. The van der Waals surface area contributed by atoms with Gasteiger partial charge in [-0.25, -0.2) is 0 Å². The third-order valence-electron chi connectivity index (χ3n) is 1.21. The minimum atomic E-state index is -0.101. The zero-order chi connectivity index (χ0) is 7.49. The summed E-state index contributed by atoms with van der Waals surface area (Å²) in [6.45, 7) is 8.77. The fourth-order valence-electron chi connectivity index (χ4n) is 0.547. The van der Waals surface area contributed by atoms with Crippen molar-refractivity contribution in [2.24, 2.45) is 0 Å². The molecule has 1 N–H and O–H groups in total. The Balaban J connectivity index is 3.59. The molecule has 0 aliphatic heterocycles. The maximum Gasteiger partial charge on any atom is 0.0376 e. The quantitative estimate of drug-likeness (QED) is 0.578. The summed E-state index contributed by atoms with van der Waals surface area (Å²) in [7, 11) is 0. The number of hydrogen-bond acceptors (Lipinski definition) is 2. The molecule has 0 radical (unpaired) electrons. The zero-order valence-corrected chi connectivity index (χ0v) is 6.81. The molecule has 0 aromatic carbocycles. The van der Waals surface area contributed by atoms with Crippen LogP contribution in [-0.2, 0) is 0 Å². The van der Waals surface area contributed by atoms with E-state index < -0.39 is 0 Å². The van der Waals surface area contributed by atoms with Crippen LogP contribution in [0.15, 0.2) is 0 Å². The van der Waals surface area contributed by atoms with Crippen LogP contribution >= 0.6 is 0 Å². The van der Waals surface area contributed by atoms with Gasteiger partial charge in [0.1, 0.15) is 0 Å². The van der Waals surface area contributed by atoms with Crippen molar-refractivity contribution >= 4 is 0 Å². The molecule has 0 spiro atoms. The normalized spacial score (nSPS) is 12.7. The van der Waals surface area contributed by atoms with Crippen molar-refractivity contribution in [3.05, 3.63) is 0 Å². The van der Waals surface area contributed by atoms with E-state index in [1.807, 2.05) is 20.8 Å². The SMILES string of the molecule is CCCN(O)C(C)(C)C. The second kappa shape index (κ2) is 3.18. The lowest BCUT2D eigenvalue weighted by Gasteiger charge is -2.28. The molecule has 0 saturated heterocycles. The van der Waals surface area contributed by atoms with E-state index in [0.717, 1.165) is 13.0 Å². The Morgan fingerprint density at radius 3 is 1.89 bits per heavy atom. The van der Waals surface area contributed by atoms with Crippen LogP contribution in [0.25, 0.3) is 0 Å². The Morgan fingerprint density at radius 2 is 1.78 bits per heavy atom. The first-order valence-corrected chi connectivity index (χ1v) is 3.45. The summed E-state index contributed by atoms with van der Waals surface area (Å²) < 4.78 is 0. The zero-order valence-electron chi connectivity index (χ0n) is 6.81. The number of hydroxylamine groups is 2. The van der Waals surface area contributed by atoms with Crippen LogP contribution in [0, 0.1) is 0 Å². The molecule has 0 bridgehead atoms. The highest BCUT2D eigenvalue weighted by Crippen LogP contribution is 2.09. The minimum Gasteiger partial charge on any atom is -0.313 e. The summed E-state index contributed by atoms with van der Waals surface area (Å²) in [6, 6.07) is 0. The van der Waals surface area contributed by atoms with Gasteiger partial charge < -0.3 is 5.21 Å². The van der Waals surface area contributed by atoms with Crippen LogP contribution in [0.4, 0.5) is 0 Å². The summed E-state index contributed by atoms with van der Waals surface area (Å²) in [5, 5.41) is 10.6. The second-order valence-corrected chi connectivity index (χ2v) is 3.29. The van der Waals surface area contributed by atoms with E-state index in [4.69, 9.17) is 0 Å². The first kappa shape index (κ1) is 8.92. The van der Waals surface area contributed by atoms with Crippen LogP contribution in [0.1, 0.15) is 34.1 Å². The van der Waals surface area contributed by atoms with Crippen molar-refractivity contribution in [3.63, 3.8) is 0 Å². The Bertz CT molecular complexity index is 75.5. The summed E-state index contributed by atoms with van der Waals surface area (Å²) in [4.78, 5) is 0. The summed E-state index contributed by atoms with van der Waals surface area (Å²) in [5.41, 5.74) is -0.101. The molecule has 0 atom stereocenters. The highest BCUT2D eigenvalue weighted by atomic mass is 16.5. The van der Waals surface area contributed by atoms with Gasteiger partial charge in [0.25, 0.3) is 0 Å². The predicted molar refractivity (Wildman–Crippen MR) is 38.5 cm³/mol. The molecule has 0 fully saturated rings. The van der Waals surface area contributed by atoms with Crippen molar-refractivity contribution in [2.45, 2.75) is 39.7 Å². The van der Waals surface area contributed by atoms with E-state index in [0.29, 0.717) is 0 Å². The average Bonchev–Trinajstić information content (AvgIpc) is 1.64. The Kier molecular flexibility index (Phi) is 3.15. The molecular weight excluding hydrogens is 114 g/mol. The standard InChI is InChI=1S/C7H17NO/c1-5-6-8(9)7(2,3)4/h9H,5-6H2,1-4H3. The van der Waals surface area contributed by atoms with Gasteiger partial charge in [0.2, 0.25) is 0 Å². The highest BCUT2D eigenvalue weighted by molar-refractivity contribution is 4.67. The molecule has 56 valence electrons. The smallest absolute Gasteiger partial charge is 0.0376 e. The van der Waals surface area contributed by atoms with Crippen molar-refractivity contribution in [2.75, 3.05) is 6.54 Å². The van der Waals surface area contributed by atoms with Gasteiger partial charge in [-0.15, -0.1) is 0 Å². The van der Waals surface area contributed by atoms with E-state index in [9.17, 15) is 5.21 Å². The number of hydrogen-bond donors (Lipinski definition) is 1. The molecule has 0 aromatic rings. The van der Waals surface area contributed by atoms with Gasteiger partial charge >= 0.3 is 0 Å². The van der Waals surface area contributed by atoms with E-state index in [2.05, 4.69) is 6.92 Å². The van der Waals surface area contributed by atoms with Crippen LogP contribution in [0.5, 0.6) is 0 Å². The lowest BCUT2D eigenvalue weighted by molar-refractivity contribution is -0.155. The highest BCUT2D eigenvalue weighted by Gasteiger charge is 2.17. The van der Waals surface area contributed by atoms with Crippen LogP contribution in [-0.4, -0.2) is 22.4 Å². The van der Waals surface area contributed by atoms with Gasteiger partial charge in [0, 0.05) is 12.1 Å². The fraction of sp³-hybridized carbons (Fsp3) is 1.00. The molecule has 0 saturated carbocycles. The van der Waals surface area contributed by atoms with E-state index in [-0.39, 0.29) is 5.54 Å². The lowest BCUT2D eigenvalue weighted by atomic mass is 10.1. The lowest BCUT2D eigenvalue weighted by Crippen LogP contribution is -2.38. The summed E-state index contributed by atoms with van der Waals surface area (Å²) in [5.74, 6) is 0. The van der Waals surface area contributed by atoms with Gasteiger partial charge in [-0.05, 0) is 27.2 Å². The largest absolute Gasteiger partial charge is 0.313 e. The minimum absolute atomic E-state index is 0.101. The molecule has 2 nitrogen and oxygen atoms in total. The molecule has 0 heterocycles. The maximum absolute atomic E-state index is 9.22. The Hall–Kier alpha value is -0.0800. The molecular formula is C7H17NO. The molecule has 0 rings (SSSR count). The van der Waals surface area contributed by atoms with Crippen molar-refractivity contribution in [1.82, 2.24) is 5.06 Å². The Morgan fingerprint density at radius 1 is 1.33 bits per heavy atom. The first-order chi connectivity index (χ1) is 3.98. The van der Waals surface area contributed by atoms with Crippen LogP contribution in [0.2, 0.25) is 0 Å².